The number of tetrazole rings is 1. The van der Waals surface area contributed by atoms with Crippen molar-refractivity contribution in [3.8, 4) is 22.7 Å². The van der Waals surface area contributed by atoms with Crippen LogP contribution in [0.15, 0.2) is 48.9 Å². The Labute approximate surface area is 241 Å². The highest BCUT2D eigenvalue weighted by molar-refractivity contribution is 6.30. The van der Waals surface area contributed by atoms with Gasteiger partial charge in [-0.2, -0.15) is 4.68 Å². The number of amides is 2. The summed E-state index contributed by atoms with van der Waals surface area (Å²) in [7, 11) is 1.28. The van der Waals surface area contributed by atoms with Crippen LogP contribution in [0.25, 0.3) is 23.0 Å². The van der Waals surface area contributed by atoms with Crippen molar-refractivity contribution in [2.45, 2.75) is 38.5 Å². The van der Waals surface area contributed by atoms with Gasteiger partial charge in [-0.1, -0.05) is 30.9 Å². The maximum Gasteiger partial charge on any atom is 0.411 e. The molecule has 2 aromatic carbocycles. The van der Waals surface area contributed by atoms with E-state index in [9.17, 15) is 9.59 Å². The maximum absolute atomic E-state index is 13.3. The standard InChI is InChI=1S/C28H29ClN8O4/c1-40-28(39)32-20-14-21(27-22-16-30-25(33-22)7-5-3-2-4-6-12-41-24(27)15-20)34-26(38)11-8-18-13-19(29)9-10-23(18)37-17-31-35-36-37/h8-11,13-17H,2-7,12H2,1H3,(H,30,33)(H,32,39)(H,34,38). The van der Waals surface area contributed by atoms with Crippen molar-refractivity contribution in [2.75, 3.05) is 24.4 Å². The van der Waals surface area contributed by atoms with E-state index in [4.69, 9.17) is 21.1 Å². The molecule has 0 saturated heterocycles. The van der Waals surface area contributed by atoms with Crippen LogP contribution in [0.2, 0.25) is 5.02 Å². The molecule has 2 aromatic heterocycles. The predicted octanol–water partition coefficient (Wildman–Crippen LogP) is 5.42. The van der Waals surface area contributed by atoms with Crippen LogP contribution in [-0.2, 0) is 16.0 Å². The average molecular weight is 577 g/mol. The molecule has 0 fully saturated rings. The molecule has 2 bridgehead atoms. The first-order valence-corrected chi connectivity index (χ1v) is 13.6. The van der Waals surface area contributed by atoms with Crippen LogP contribution in [0.5, 0.6) is 5.75 Å². The lowest BCUT2D eigenvalue weighted by molar-refractivity contribution is -0.111. The second kappa shape index (κ2) is 13.1. The summed E-state index contributed by atoms with van der Waals surface area (Å²) in [5.74, 6) is 0.923. The monoisotopic (exact) mass is 576 g/mol. The number of benzene rings is 2. The zero-order chi connectivity index (χ0) is 28.6. The number of aromatic amines is 1. The van der Waals surface area contributed by atoms with Crippen molar-refractivity contribution >= 4 is 41.1 Å². The maximum atomic E-state index is 13.3. The molecule has 3 N–H and O–H groups in total. The van der Waals surface area contributed by atoms with Crippen LogP contribution < -0.4 is 15.4 Å². The van der Waals surface area contributed by atoms with Gasteiger partial charge in [0.2, 0.25) is 5.91 Å². The summed E-state index contributed by atoms with van der Waals surface area (Å²) in [5.41, 5.74) is 3.40. The molecule has 0 unspecified atom stereocenters. The number of imidazole rings is 1. The van der Waals surface area contributed by atoms with Gasteiger partial charge in [-0.15, -0.1) is 5.10 Å². The number of ether oxygens (including phenoxy) is 2. The largest absolute Gasteiger partial charge is 0.493 e. The van der Waals surface area contributed by atoms with Gasteiger partial charge in [-0.25, -0.2) is 9.78 Å². The summed E-state index contributed by atoms with van der Waals surface area (Å²) >= 11 is 6.22. The molecule has 1 aliphatic rings. The number of hydrogen-bond acceptors (Lipinski definition) is 8. The first-order chi connectivity index (χ1) is 20.0. The molecule has 4 aromatic rings. The van der Waals surface area contributed by atoms with E-state index in [0.29, 0.717) is 51.3 Å². The van der Waals surface area contributed by atoms with Crippen LogP contribution in [0.1, 0.15) is 43.5 Å². The predicted molar refractivity (Wildman–Crippen MR) is 154 cm³/mol. The number of aryl methyl sites for hydroxylation is 1. The van der Waals surface area contributed by atoms with Crippen molar-refractivity contribution in [1.82, 2.24) is 30.2 Å². The molecule has 0 aliphatic carbocycles. The van der Waals surface area contributed by atoms with E-state index in [1.807, 2.05) is 0 Å². The second-order valence-electron chi connectivity index (χ2n) is 9.40. The minimum absolute atomic E-state index is 0.398. The van der Waals surface area contributed by atoms with Gasteiger partial charge in [-0.05, 0) is 53.6 Å². The van der Waals surface area contributed by atoms with Gasteiger partial charge >= 0.3 is 6.09 Å². The van der Waals surface area contributed by atoms with Crippen LogP contribution in [-0.4, -0.2) is 55.9 Å². The fourth-order valence-electron chi connectivity index (χ4n) is 4.55. The Morgan fingerprint density at radius 1 is 1.12 bits per heavy atom. The highest BCUT2D eigenvalue weighted by Gasteiger charge is 2.20. The summed E-state index contributed by atoms with van der Waals surface area (Å²) < 4.78 is 12.5. The number of rotatable bonds is 5. The smallest absolute Gasteiger partial charge is 0.411 e. The molecule has 2 amide bonds. The van der Waals surface area contributed by atoms with E-state index in [1.54, 1.807) is 42.6 Å². The molecule has 13 heteroatoms. The molecule has 5 rings (SSSR count). The molecule has 212 valence electrons. The number of nitrogens with one attached hydrogen (secondary N) is 3. The van der Waals surface area contributed by atoms with Gasteiger partial charge in [-0.3, -0.25) is 10.1 Å². The van der Waals surface area contributed by atoms with E-state index < -0.39 is 12.0 Å². The fourth-order valence-corrected chi connectivity index (χ4v) is 4.73. The number of carbonyl (C=O) groups excluding carboxylic acids is 2. The number of methoxy groups -OCH3 is 1. The number of nitrogens with zero attached hydrogens (tertiary/aromatic N) is 5. The van der Waals surface area contributed by atoms with Crippen molar-refractivity contribution < 1.29 is 19.1 Å². The Balaban J connectivity index is 1.50. The lowest BCUT2D eigenvalue weighted by Crippen LogP contribution is -2.14. The minimum Gasteiger partial charge on any atom is -0.493 e. The summed E-state index contributed by atoms with van der Waals surface area (Å²) in [4.78, 5) is 33.2. The minimum atomic E-state index is -0.647. The van der Waals surface area contributed by atoms with Crippen LogP contribution in [0.3, 0.4) is 0 Å². The SMILES string of the molecule is COC(=O)Nc1cc(NC(=O)C=Cc2cc(Cl)ccc2-n2cnnn2)c2c(c1)OCCCCCCCc1ncc-2[nH]1. The van der Waals surface area contributed by atoms with Gasteiger partial charge < -0.3 is 19.8 Å². The lowest BCUT2D eigenvalue weighted by atomic mass is 10.1. The molecule has 12 nitrogen and oxygen atoms in total. The third kappa shape index (κ3) is 7.09. The third-order valence-electron chi connectivity index (χ3n) is 6.50. The summed E-state index contributed by atoms with van der Waals surface area (Å²) in [6, 6.07) is 8.53. The van der Waals surface area contributed by atoms with Crippen LogP contribution >= 0.6 is 11.6 Å². The van der Waals surface area contributed by atoms with Gasteiger partial charge in [0.1, 0.15) is 17.9 Å². The first kappa shape index (κ1) is 27.8. The molecular weight excluding hydrogens is 548 g/mol. The van der Waals surface area contributed by atoms with Gasteiger partial charge in [0.05, 0.1) is 42.5 Å². The Morgan fingerprint density at radius 3 is 2.80 bits per heavy atom. The van der Waals surface area contributed by atoms with Gasteiger partial charge in [0, 0.05) is 34.8 Å². The molecule has 0 saturated carbocycles. The molecule has 41 heavy (non-hydrogen) atoms. The molecule has 0 atom stereocenters. The van der Waals surface area contributed by atoms with E-state index in [-0.39, 0.29) is 0 Å². The van der Waals surface area contributed by atoms with Crippen molar-refractivity contribution in [2.24, 2.45) is 0 Å². The third-order valence-corrected chi connectivity index (χ3v) is 6.74. The zero-order valence-corrected chi connectivity index (χ0v) is 23.1. The number of hydrogen-bond donors (Lipinski definition) is 3. The number of carbonyl (C=O) groups is 2. The van der Waals surface area contributed by atoms with Gasteiger partial charge in [0.25, 0.3) is 0 Å². The van der Waals surface area contributed by atoms with Crippen molar-refractivity contribution in [3.63, 3.8) is 0 Å². The Morgan fingerprint density at radius 2 is 1.98 bits per heavy atom. The topological polar surface area (TPSA) is 149 Å². The van der Waals surface area contributed by atoms with Crippen molar-refractivity contribution in [1.29, 1.82) is 0 Å². The Kier molecular flexibility index (Phi) is 8.89. The lowest BCUT2D eigenvalue weighted by Gasteiger charge is -2.17. The summed E-state index contributed by atoms with van der Waals surface area (Å²) in [6.07, 6.45) is 11.6. The van der Waals surface area contributed by atoms with E-state index in [2.05, 4.69) is 36.1 Å². The van der Waals surface area contributed by atoms with E-state index >= 15 is 0 Å². The molecule has 0 spiro atoms. The molecule has 1 aliphatic heterocycles. The second-order valence-corrected chi connectivity index (χ2v) is 9.84. The number of H-pyrrole nitrogens is 1. The molecular formula is C28H29ClN8O4. The molecule has 3 heterocycles. The van der Waals surface area contributed by atoms with Crippen LogP contribution in [0.4, 0.5) is 16.2 Å². The fraction of sp³-hybridized carbons (Fsp3) is 0.286. The summed E-state index contributed by atoms with van der Waals surface area (Å²) in [6.45, 7) is 0.484. The quantitative estimate of drug-likeness (QED) is 0.267. The Bertz CT molecular complexity index is 1550. The normalized spacial score (nSPS) is 13.7. The highest BCUT2D eigenvalue weighted by Crippen LogP contribution is 2.40. The van der Waals surface area contributed by atoms with E-state index in [0.717, 1.165) is 44.3 Å². The molecule has 0 radical (unpaired) electrons. The average Bonchev–Trinajstić information content (AvgIpc) is 3.66. The number of halogens is 1. The number of anilines is 2. The van der Waals surface area contributed by atoms with Gasteiger partial charge in [0.15, 0.2) is 0 Å². The zero-order valence-electron chi connectivity index (χ0n) is 22.4. The summed E-state index contributed by atoms with van der Waals surface area (Å²) in [5, 5.41) is 17.4. The van der Waals surface area contributed by atoms with Crippen LogP contribution in [0, 0.1) is 0 Å². The Hall–Kier alpha value is -4.71. The van der Waals surface area contributed by atoms with Crippen molar-refractivity contribution in [3.05, 3.63) is 65.3 Å². The number of aromatic nitrogens is 6. The van der Waals surface area contributed by atoms with E-state index in [1.165, 1.54) is 24.2 Å². The number of fused-ring (bicyclic) bond motifs is 4. The highest BCUT2D eigenvalue weighted by atomic mass is 35.5. The first-order valence-electron chi connectivity index (χ1n) is 13.2.